The highest BCUT2D eigenvalue weighted by molar-refractivity contribution is 7.18. The minimum Gasteiger partial charge on any atom is -0.453 e. The number of amides is 2. The number of aromatic nitrogens is 2. The highest BCUT2D eigenvalue weighted by atomic mass is 32.1. The van der Waals surface area contributed by atoms with Crippen LogP contribution < -0.4 is 10.2 Å². The van der Waals surface area contributed by atoms with E-state index in [2.05, 4.69) is 33.5 Å². The zero-order chi connectivity index (χ0) is 21.1. The van der Waals surface area contributed by atoms with E-state index in [1.807, 2.05) is 5.32 Å². The number of fused-ring (bicyclic) bond motifs is 1. The molecule has 3 rings (SSSR count). The maximum atomic E-state index is 12.4. The van der Waals surface area contributed by atoms with Crippen LogP contribution in [-0.2, 0) is 19.1 Å². The lowest BCUT2D eigenvalue weighted by atomic mass is 9.96. The molecule has 0 radical (unpaired) electrons. The number of ether oxygens (including phenoxy) is 2. The van der Waals surface area contributed by atoms with Crippen LogP contribution in [0.1, 0.15) is 30.2 Å². The maximum absolute atomic E-state index is 12.4. The van der Waals surface area contributed by atoms with E-state index in [-0.39, 0.29) is 5.92 Å². The van der Waals surface area contributed by atoms with Gasteiger partial charge in [0.15, 0.2) is 6.10 Å². The molecule has 1 aliphatic heterocycles. The Morgan fingerprint density at radius 2 is 1.93 bits per heavy atom. The molecule has 0 aromatic carbocycles. The molecule has 3 heterocycles. The van der Waals surface area contributed by atoms with Gasteiger partial charge in [-0.15, -0.1) is 11.3 Å². The van der Waals surface area contributed by atoms with Crippen molar-refractivity contribution in [1.29, 1.82) is 0 Å². The van der Waals surface area contributed by atoms with Gasteiger partial charge in [0.2, 0.25) is 0 Å². The first-order valence-electron chi connectivity index (χ1n) is 9.36. The Kier molecular flexibility index (Phi) is 6.31. The second-order valence-electron chi connectivity index (χ2n) is 6.98. The van der Waals surface area contributed by atoms with E-state index in [1.165, 1.54) is 17.4 Å². The van der Waals surface area contributed by atoms with Gasteiger partial charge in [-0.2, -0.15) is 0 Å². The number of nitrogens with zero attached hydrogens (tertiary/aromatic N) is 3. The van der Waals surface area contributed by atoms with Crippen LogP contribution in [0.5, 0.6) is 0 Å². The molecule has 156 valence electrons. The fourth-order valence-electron chi connectivity index (χ4n) is 3.31. The molecule has 0 aliphatic carbocycles. The van der Waals surface area contributed by atoms with Crippen LogP contribution in [0.15, 0.2) is 6.33 Å². The average molecular weight is 420 g/mol. The lowest BCUT2D eigenvalue weighted by Crippen LogP contribution is -2.42. The topological polar surface area (TPSA) is 111 Å². The fourth-order valence-corrected chi connectivity index (χ4v) is 4.30. The zero-order valence-electron chi connectivity index (χ0n) is 16.9. The third-order valence-electron chi connectivity index (χ3n) is 5.15. The first-order chi connectivity index (χ1) is 13.8. The number of thiophene rings is 1. The first-order valence-corrected chi connectivity index (χ1v) is 10.2. The summed E-state index contributed by atoms with van der Waals surface area (Å²) in [6, 6.07) is 0. The number of methoxy groups -OCH3 is 1. The standard InChI is InChI=1S/C19H24N4O5S/c1-10-12(3)29-17-14(10)15(20-9-21-17)23-7-5-13(6-8-23)18(25)28-11(2)16(24)22-19(26)27-4/h9,11,13H,5-8H2,1-4H3,(H,22,24,26)/t11-/m0/s1. The molecule has 1 atom stereocenters. The molecule has 1 saturated heterocycles. The van der Waals surface area contributed by atoms with Gasteiger partial charge in [-0.1, -0.05) is 0 Å². The number of rotatable bonds is 4. The monoisotopic (exact) mass is 420 g/mol. The number of hydrogen-bond donors (Lipinski definition) is 1. The van der Waals surface area contributed by atoms with Gasteiger partial charge in [-0.3, -0.25) is 14.9 Å². The zero-order valence-corrected chi connectivity index (χ0v) is 17.7. The summed E-state index contributed by atoms with van der Waals surface area (Å²) >= 11 is 1.65. The van der Waals surface area contributed by atoms with Gasteiger partial charge in [0.05, 0.1) is 18.4 Å². The number of carbonyl (C=O) groups excluding carboxylic acids is 3. The molecular formula is C19H24N4O5S. The van der Waals surface area contributed by atoms with Crippen molar-refractivity contribution in [2.24, 2.45) is 5.92 Å². The van der Waals surface area contributed by atoms with Gasteiger partial charge in [0.25, 0.3) is 5.91 Å². The van der Waals surface area contributed by atoms with Gasteiger partial charge in [0.1, 0.15) is 17.0 Å². The van der Waals surface area contributed by atoms with Crippen LogP contribution in [0.2, 0.25) is 0 Å². The quantitative estimate of drug-likeness (QED) is 0.751. The van der Waals surface area contributed by atoms with Crippen LogP contribution in [0.4, 0.5) is 10.6 Å². The minimum absolute atomic E-state index is 0.303. The number of nitrogens with one attached hydrogen (secondary N) is 1. The third kappa shape index (κ3) is 4.47. The lowest BCUT2D eigenvalue weighted by Gasteiger charge is -2.32. The Morgan fingerprint density at radius 1 is 1.24 bits per heavy atom. The van der Waals surface area contributed by atoms with Crippen molar-refractivity contribution in [3.8, 4) is 0 Å². The Hall–Kier alpha value is -2.75. The summed E-state index contributed by atoms with van der Waals surface area (Å²) in [4.78, 5) is 48.6. The molecule has 2 amide bonds. The van der Waals surface area contributed by atoms with Crippen LogP contribution >= 0.6 is 11.3 Å². The molecule has 0 unspecified atom stereocenters. The lowest BCUT2D eigenvalue weighted by molar-refractivity contribution is -0.159. The Labute approximate surface area is 172 Å². The fraction of sp³-hybridized carbons (Fsp3) is 0.526. The summed E-state index contributed by atoms with van der Waals surface area (Å²) in [7, 11) is 1.15. The van der Waals surface area contributed by atoms with Gasteiger partial charge in [-0.25, -0.2) is 14.8 Å². The van der Waals surface area contributed by atoms with Gasteiger partial charge >= 0.3 is 12.1 Å². The van der Waals surface area contributed by atoms with Gasteiger partial charge < -0.3 is 14.4 Å². The molecule has 29 heavy (non-hydrogen) atoms. The molecule has 1 N–H and O–H groups in total. The van der Waals surface area contributed by atoms with E-state index >= 15 is 0 Å². The SMILES string of the molecule is COC(=O)NC(=O)[C@H](C)OC(=O)C1CCN(c2ncnc3sc(C)c(C)c23)CC1. The normalized spacial score (nSPS) is 15.8. The highest BCUT2D eigenvalue weighted by Crippen LogP contribution is 2.35. The molecule has 10 heteroatoms. The molecule has 1 aliphatic rings. The average Bonchev–Trinajstić information content (AvgIpc) is 3.01. The number of aryl methyl sites for hydroxylation is 2. The van der Waals surface area contributed by atoms with Crippen molar-refractivity contribution in [1.82, 2.24) is 15.3 Å². The molecule has 2 aromatic rings. The van der Waals surface area contributed by atoms with Gasteiger partial charge in [-0.05, 0) is 39.2 Å². The van der Waals surface area contributed by atoms with Crippen molar-refractivity contribution in [3.05, 3.63) is 16.8 Å². The molecule has 9 nitrogen and oxygen atoms in total. The Balaban J connectivity index is 1.60. The summed E-state index contributed by atoms with van der Waals surface area (Å²) in [5, 5.41) is 3.06. The maximum Gasteiger partial charge on any atom is 0.413 e. The predicted octanol–water partition coefficient (Wildman–Crippen LogP) is 2.34. The van der Waals surface area contributed by atoms with E-state index in [0.717, 1.165) is 23.1 Å². The van der Waals surface area contributed by atoms with Crippen LogP contribution in [0.3, 0.4) is 0 Å². The molecular weight excluding hydrogens is 396 g/mol. The summed E-state index contributed by atoms with van der Waals surface area (Å²) in [6.45, 7) is 6.88. The van der Waals surface area contributed by atoms with Gasteiger partial charge in [0, 0.05) is 18.0 Å². The van der Waals surface area contributed by atoms with E-state index in [1.54, 1.807) is 17.7 Å². The molecule has 2 aromatic heterocycles. The van der Waals surface area contributed by atoms with Crippen molar-refractivity contribution in [2.75, 3.05) is 25.1 Å². The summed E-state index contributed by atoms with van der Waals surface area (Å²) in [6.07, 6.45) is 0.809. The Morgan fingerprint density at radius 3 is 2.59 bits per heavy atom. The predicted molar refractivity (Wildman–Crippen MR) is 108 cm³/mol. The van der Waals surface area contributed by atoms with Crippen molar-refractivity contribution >= 4 is 45.3 Å². The van der Waals surface area contributed by atoms with Crippen LogP contribution in [0, 0.1) is 19.8 Å². The van der Waals surface area contributed by atoms with E-state index in [9.17, 15) is 14.4 Å². The Bertz CT molecular complexity index is 936. The number of hydrogen-bond acceptors (Lipinski definition) is 9. The second kappa shape index (κ2) is 8.73. The number of alkyl carbamates (subject to hydrolysis) is 1. The number of esters is 1. The summed E-state index contributed by atoms with van der Waals surface area (Å²) in [5.41, 5.74) is 1.19. The van der Waals surface area contributed by atoms with Crippen molar-refractivity contribution in [3.63, 3.8) is 0 Å². The summed E-state index contributed by atoms with van der Waals surface area (Å²) in [5.74, 6) is -0.557. The van der Waals surface area contributed by atoms with Crippen LogP contribution in [-0.4, -0.2) is 54.2 Å². The highest BCUT2D eigenvalue weighted by Gasteiger charge is 2.30. The van der Waals surface area contributed by atoms with E-state index in [4.69, 9.17) is 4.74 Å². The second-order valence-corrected chi connectivity index (χ2v) is 8.19. The number of piperidine rings is 1. The molecule has 0 bridgehead atoms. The van der Waals surface area contributed by atoms with E-state index < -0.39 is 24.1 Å². The minimum atomic E-state index is -1.07. The molecule has 0 spiro atoms. The number of anilines is 1. The van der Waals surface area contributed by atoms with Crippen LogP contribution in [0.25, 0.3) is 10.2 Å². The largest absolute Gasteiger partial charge is 0.453 e. The molecule has 1 fully saturated rings. The molecule has 0 saturated carbocycles. The van der Waals surface area contributed by atoms with Crippen molar-refractivity contribution < 1.29 is 23.9 Å². The number of carbonyl (C=O) groups is 3. The smallest absolute Gasteiger partial charge is 0.413 e. The first kappa shape index (κ1) is 21.0. The van der Waals surface area contributed by atoms with Crippen molar-refractivity contribution in [2.45, 2.75) is 39.7 Å². The summed E-state index contributed by atoms with van der Waals surface area (Å²) < 4.78 is 9.59. The number of imide groups is 1. The third-order valence-corrected chi connectivity index (χ3v) is 6.26. The van der Waals surface area contributed by atoms with E-state index in [0.29, 0.717) is 25.9 Å².